The second-order valence-corrected chi connectivity index (χ2v) is 8.09. The highest BCUT2D eigenvalue weighted by Crippen LogP contribution is 2.37. The highest BCUT2D eigenvalue weighted by Gasteiger charge is 2.24. The van der Waals surface area contributed by atoms with E-state index in [2.05, 4.69) is 35.3 Å². The van der Waals surface area contributed by atoms with Crippen LogP contribution in [0, 0.1) is 0 Å². The molecule has 0 spiro atoms. The molecule has 6 heteroatoms. The van der Waals surface area contributed by atoms with Crippen molar-refractivity contribution in [2.45, 2.75) is 16.2 Å². The van der Waals surface area contributed by atoms with Gasteiger partial charge in [0.25, 0.3) is 0 Å². The molecule has 142 valence electrons. The largest absolute Gasteiger partial charge is 0.478 e. The molecule has 5 nitrogen and oxygen atoms in total. The summed E-state index contributed by atoms with van der Waals surface area (Å²) in [5, 5.41) is 15.2. The van der Waals surface area contributed by atoms with Crippen LogP contribution in [-0.2, 0) is 13.5 Å². The fourth-order valence-electron chi connectivity index (χ4n) is 3.83. The molecule has 1 N–H and O–H groups in total. The summed E-state index contributed by atoms with van der Waals surface area (Å²) < 4.78 is 1.87. The Labute approximate surface area is 171 Å². The fraction of sp³-hybridized carbons (Fsp3) is 0.0870. The summed E-state index contributed by atoms with van der Waals surface area (Å²) in [6, 6.07) is 18.1. The van der Waals surface area contributed by atoms with Crippen molar-refractivity contribution in [2.75, 3.05) is 0 Å². The molecule has 0 fully saturated rings. The van der Waals surface area contributed by atoms with Crippen LogP contribution in [0.25, 0.3) is 22.6 Å². The first kappa shape index (κ1) is 17.7. The molecular formula is C23H17N3O2S. The van der Waals surface area contributed by atoms with Gasteiger partial charge in [0.1, 0.15) is 0 Å². The lowest BCUT2D eigenvalue weighted by atomic mass is 10.0. The molecule has 0 bridgehead atoms. The van der Waals surface area contributed by atoms with Crippen LogP contribution >= 0.6 is 11.8 Å². The van der Waals surface area contributed by atoms with Crippen molar-refractivity contribution < 1.29 is 9.90 Å². The van der Waals surface area contributed by atoms with Gasteiger partial charge in [-0.25, -0.2) is 4.79 Å². The molecule has 0 amide bonds. The van der Waals surface area contributed by atoms with Gasteiger partial charge in [0.05, 0.1) is 22.5 Å². The van der Waals surface area contributed by atoms with Crippen molar-refractivity contribution in [3.63, 3.8) is 0 Å². The molecule has 0 unspecified atom stereocenters. The molecule has 1 aliphatic carbocycles. The SMILES string of the molecule is Cn1nc2cc(Sc3ccccc3)ccc2c1C1=Cc2nccc(C(=O)O)c2C1. The van der Waals surface area contributed by atoms with Gasteiger partial charge >= 0.3 is 5.97 Å². The van der Waals surface area contributed by atoms with Gasteiger partial charge in [0.2, 0.25) is 0 Å². The number of nitrogens with zero attached hydrogens (tertiary/aromatic N) is 3. The monoisotopic (exact) mass is 399 g/mol. The lowest BCUT2D eigenvalue weighted by molar-refractivity contribution is 0.0695. The third kappa shape index (κ3) is 3.11. The summed E-state index contributed by atoms with van der Waals surface area (Å²) in [6.45, 7) is 0. The third-order valence-corrected chi connectivity index (χ3v) is 6.08. The summed E-state index contributed by atoms with van der Waals surface area (Å²) in [7, 11) is 1.93. The lowest BCUT2D eigenvalue weighted by Crippen LogP contribution is -2.04. The van der Waals surface area contributed by atoms with Crippen molar-refractivity contribution in [3.8, 4) is 0 Å². The molecule has 4 aromatic rings. The number of aromatic carboxylic acids is 1. The topological polar surface area (TPSA) is 68.0 Å². The summed E-state index contributed by atoms with van der Waals surface area (Å²) >= 11 is 1.71. The Bertz CT molecular complexity index is 1290. The predicted octanol–water partition coefficient (Wildman–Crippen LogP) is 4.91. The number of aryl methyl sites for hydroxylation is 1. The van der Waals surface area contributed by atoms with Crippen LogP contribution in [0.1, 0.15) is 27.3 Å². The maximum atomic E-state index is 11.5. The smallest absolute Gasteiger partial charge is 0.336 e. The maximum absolute atomic E-state index is 11.5. The highest BCUT2D eigenvalue weighted by molar-refractivity contribution is 7.99. The Kier molecular flexibility index (Phi) is 4.21. The van der Waals surface area contributed by atoms with Crippen LogP contribution in [-0.4, -0.2) is 25.8 Å². The third-order valence-electron chi connectivity index (χ3n) is 5.09. The van der Waals surface area contributed by atoms with Crippen LogP contribution < -0.4 is 0 Å². The van der Waals surface area contributed by atoms with Crippen molar-refractivity contribution in [2.24, 2.45) is 7.05 Å². The molecule has 2 aromatic carbocycles. The van der Waals surface area contributed by atoms with E-state index in [1.807, 2.05) is 36.0 Å². The van der Waals surface area contributed by atoms with Crippen LogP contribution in [0.4, 0.5) is 0 Å². The zero-order chi connectivity index (χ0) is 20.0. The summed E-state index contributed by atoms with van der Waals surface area (Å²) in [4.78, 5) is 18.2. The number of hydrogen-bond donors (Lipinski definition) is 1. The highest BCUT2D eigenvalue weighted by atomic mass is 32.2. The van der Waals surface area contributed by atoms with E-state index in [-0.39, 0.29) is 0 Å². The number of carboxylic acids is 1. The van der Waals surface area contributed by atoms with Crippen molar-refractivity contribution >= 4 is 40.3 Å². The number of hydrogen-bond acceptors (Lipinski definition) is 4. The number of aromatic nitrogens is 3. The summed E-state index contributed by atoms with van der Waals surface area (Å²) in [5.74, 6) is -0.921. The minimum absolute atomic E-state index is 0.314. The maximum Gasteiger partial charge on any atom is 0.336 e. The first-order valence-electron chi connectivity index (χ1n) is 9.22. The molecule has 0 radical (unpaired) electrons. The molecule has 5 rings (SSSR count). The minimum atomic E-state index is -0.921. The molecule has 1 aliphatic rings. The zero-order valence-electron chi connectivity index (χ0n) is 15.7. The Hall–Kier alpha value is -3.38. The average Bonchev–Trinajstić information content (AvgIpc) is 3.27. The van der Waals surface area contributed by atoms with Crippen LogP contribution in [0.15, 0.2) is 70.6 Å². The molecular weight excluding hydrogens is 382 g/mol. The van der Waals surface area contributed by atoms with Crippen LogP contribution in [0.2, 0.25) is 0 Å². The summed E-state index contributed by atoms with van der Waals surface area (Å²) in [5.41, 5.74) is 4.77. The quantitative estimate of drug-likeness (QED) is 0.528. The second-order valence-electron chi connectivity index (χ2n) is 6.94. The van der Waals surface area contributed by atoms with Gasteiger partial charge in [0, 0.05) is 34.8 Å². The standard InChI is InChI=1S/C23H17N3O2S/c1-26-22(14-11-19-17(23(27)28)9-10-24-20(19)12-14)18-8-7-16(13-21(18)25-26)29-15-5-3-2-4-6-15/h2-10,12-13H,11H2,1H3,(H,27,28). The van der Waals surface area contributed by atoms with Crippen LogP contribution in [0.3, 0.4) is 0 Å². The van der Waals surface area contributed by atoms with Crippen molar-refractivity contribution in [1.82, 2.24) is 14.8 Å². The van der Waals surface area contributed by atoms with E-state index in [0.717, 1.165) is 38.3 Å². The Morgan fingerprint density at radius 2 is 1.93 bits per heavy atom. The van der Waals surface area contributed by atoms with Crippen molar-refractivity contribution in [3.05, 3.63) is 83.3 Å². The number of allylic oxidation sites excluding steroid dienone is 1. The van der Waals surface area contributed by atoms with Gasteiger partial charge in [-0.3, -0.25) is 9.67 Å². The normalized spacial score (nSPS) is 12.8. The van der Waals surface area contributed by atoms with Gasteiger partial charge in [-0.2, -0.15) is 5.10 Å². The fourth-order valence-corrected chi connectivity index (χ4v) is 4.70. The second kappa shape index (κ2) is 6.90. The van der Waals surface area contributed by atoms with E-state index in [1.165, 1.54) is 4.90 Å². The molecule has 2 aromatic heterocycles. The first-order valence-corrected chi connectivity index (χ1v) is 10.0. The lowest BCUT2D eigenvalue weighted by Gasteiger charge is -2.06. The Morgan fingerprint density at radius 3 is 2.72 bits per heavy atom. The van der Waals surface area contributed by atoms with E-state index in [9.17, 15) is 9.90 Å². The number of pyridine rings is 1. The number of benzene rings is 2. The predicted molar refractivity (Wildman–Crippen MR) is 114 cm³/mol. The van der Waals surface area contributed by atoms with Gasteiger partial charge in [0.15, 0.2) is 0 Å². The minimum Gasteiger partial charge on any atom is -0.478 e. The van der Waals surface area contributed by atoms with Gasteiger partial charge in [-0.15, -0.1) is 0 Å². The van der Waals surface area contributed by atoms with E-state index in [0.29, 0.717) is 12.0 Å². The first-order chi connectivity index (χ1) is 14.1. The van der Waals surface area contributed by atoms with Crippen LogP contribution in [0.5, 0.6) is 0 Å². The molecule has 0 atom stereocenters. The van der Waals surface area contributed by atoms with E-state index < -0.39 is 5.97 Å². The van der Waals surface area contributed by atoms with Gasteiger partial charge in [-0.05, 0) is 53.6 Å². The van der Waals surface area contributed by atoms with E-state index in [1.54, 1.807) is 24.0 Å². The number of carbonyl (C=O) groups is 1. The Balaban J connectivity index is 1.52. The average molecular weight is 399 g/mol. The van der Waals surface area contributed by atoms with E-state index >= 15 is 0 Å². The number of fused-ring (bicyclic) bond motifs is 2. The molecule has 0 aliphatic heterocycles. The molecule has 29 heavy (non-hydrogen) atoms. The van der Waals surface area contributed by atoms with E-state index in [4.69, 9.17) is 5.10 Å². The van der Waals surface area contributed by atoms with Gasteiger partial charge < -0.3 is 5.11 Å². The van der Waals surface area contributed by atoms with Crippen molar-refractivity contribution in [1.29, 1.82) is 0 Å². The zero-order valence-corrected chi connectivity index (χ0v) is 16.5. The number of rotatable bonds is 4. The molecule has 0 saturated heterocycles. The molecule has 0 saturated carbocycles. The van der Waals surface area contributed by atoms with Gasteiger partial charge in [-0.1, -0.05) is 30.0 Å². The number of carboxylic acid groups (broad SMARTS) is 1. The Morgan fingerprint density at radius 1 is 1.10 bits per heavy atom. The molecule has 2 heterocycles. The summed E-state index contributed by atoms with van der Waals surface area (Å²) in [6.07, 6.45) is 4.07.